The molecule has 0 atom stereocenters. The van der Waals surface area contributed by atoms with E-state index in [0.29, 0.717) is 5.69 Å². The van der Waals surface area contributed by atoms with Crippen molar-refractivity contribution in [1.29, 1.82) is 0 Å². The Morgan fingerprint density at radius 1 is 1.31 bits per heavy atom. The monoisotopic (exact) mass is 411 g/mol. The Balaban J connectivity index is 2.06. The number of hydrazone groups is 1. The Kier molecular flexibility index (Phi) is 7.48. The second-order valence-electron chi connectivity index (χ2n) is 6.10. The van der Waals surface area contributed by atoms with Crippen molar-refractivity contribution in [3.63, 3.8) is 0 Å². The fourth-order valence-corrected chi connectivity index (χ4v) is 2.00. The Bertz CT molecular complexity index is 891. The first-order valence-electron chi connectivity index (χ1n) is 8.32. The van der Waals surface area contributed by atoms with Crippen molar-refractivity contribution in [2.45, 2.75) is 26.1 Å². The maximum atomic E-state index is 13.4. The summed E-state index contributed by atoms with van der Waals surface area (Å²) in [6, 6.07) is 5.03. The van der Waals surface area contributed by atoms with Gasteiger partial charge in [0.25, 0.3) is 0 Å². The lowest BCUT2D eigenvalue weighted by Crippen LogP contribution is -2.22. The van der Waals surface area contributed by atoms with Gasteiger partial charge in [-0.25, -0.2) is 9.37 Å². The molecule has 156 valence electrons. The summed E-state index contributed by atoms with van der Waals surface area (Å²) in [5, 5.41) is 3.53. The number of alkyl halides is 2. The summed E-state index contributed by atoms with van der Waals surface area (Å²) >= 11 is 0. The molecule has 0 spiro atoms. The highest BCUT2D eigenvalue weighted by atomic mass is 19.3. The Hall–Kier alpha value is -3.21. The van der Waals surface area contributed by atoms with Gasteiger partial charge in [-0.15, -0.1) is 0 Å². The minimum atomic E-state index is -3.16. The van der Waals surface area contributed by atoms with Crippen molar-refractivity contribution >= 4 is 17.6 Å². The van der Waals surface area contributed by atoms with Gasteiger partial charge in [0.2, 0.25) is 0 Å². The van der Waals surface area contributed by atoms with Crippen LogP contribution in [0.4, 0.5) is 18.9 Å². The van der Waals surface area contributed by atoms with Crippen molar-refractivity contribution in [2.75, 3.05) is 13.7 Å². The maximum Gasteiger partial charge on any atom is 0.387 e. The second-order valence-corrected chi connectivity index (χ2v) is 6.10. The number of aliphatic imine (C=N–C) groups is 1. The Morgan fingerprint density at radius 2 is 2.07 bits per heavy atom. The van der Waals surface area contributed by atoms with E-state index in [0.717, 1.165) is 12.1 Å². The van der Waals surface area contributed by atoms with Crippen molar-refractivity contribution in [2.24, 2.45) is 15.9 Å². The topological polar surface area (TPSA) is 104 Å². The van der Waals surface area contributed by atoms with Gasteiger partial charge in [-0.05, 0) is 32.0 Å². The van der Waals surface area contributed by atoms with Gasteiger partial charge in [0.1, 0.15) is 17.9 Å². The Morgan fingerprint density at radius 3 is 2.72 bits per heavy atom. The quantitative estimate of drug-likeness (QED) is 0.386. The highest BCUT2D eigenvalue weighted by Gasteiger charge is 2.22. The second kappa shape index (κ2) is 9.82. The summed E-state index contributed by atoms with van der Waals surface area (Å²) in [7, 11) is 1.56. The van der Waals surface area contributed by atoms with Crippen LogP contribution < -0.4 is 15.3 Å². The smallest absolute Gasteiger partial charge is 0.387 e. The minimum Gasteiger partial charge on any atom is -0.457 e. The van der Waals surface area contributed by atoms with E-state index in [4.69, 9.17) is 15.3 Å². The average molecular weight is 411 g/mol. The molecule has 0 aliphatic carbocycles. The molecule has 2 rings (SSSR count). The van der Waals surface area contributed by atoms with E-state index in [1.807, 2.05) is 13.8 Å². The molecule has 0 amide bonds. The van der Waals surface area contributed by atoms with Gasteiger partial charge in [0.15, 0.2) is 11.6 Å². The zero-order valence-corrected chi connectivity index (χ0v) is 16.0. The lowest BCUT2D eigenvalue weighted by molar-refractivity contribution is -0.0521. The molecule has 8 nitrogen and oxygen atoms in total. The number of rotatable bonds is 9. The highest BCUT2D eigenvalue weighted by Crippen LogP contribution is 2.25. The van der Waals surface area contributed by atoms with Crippen LogP contribution >= 0.6 is 0 Å². The number of methoxy groups -OCH3 is 1. The van der Waals surface area contributed by atoms with E-state index in [2.05, 4.69) is 24.8 Å². The number of hydrogen-bond acceptors (Lipinski definition) is 8. The van der Waals surface area contributed by atoms with E-state index >= 15 is 0 Å². The third-order valence-electron chi connectivity index (χ3n) is 3.77. The molecule has 0 unspecified atom stereocenters. The van der Waals surface area contributed by atoms with Crippen molar-refractivity contribution in [3.05, 3.63) is 42.0 Å². The van der Waals surface area contributed by atoms with E-state index in [9.17, 15) is 13.2 Å². The van der Waals surface area contributed by atoms with Gasteiger partial charge in [-0.1, -0.05) is 0 Å². The van der Waals surface area contributed by atoms with Crippen LogP contribution in [0.25, 0.3) is 0 Å². The largest absolute Gasteiger partial charge is 0.457 e. The fourth-order valence-electron chi connectivity index (χ4n) is 2.00. The van der Waals surface area contributed by atoms with E-state index in [1.54, 1.807) is 13.2 Å². The van der Waals surface area contributed by atoms with Crippen molar-refractivity contribution < 1.29 is 27.4 Å². The molecule has 2 N–H and O–H groups in total. The number of aromatic nitrogens is 2. The van der Waals surface area contributed by atoms with Crippen LogP contribution in [0.3, 0.4) is 0 Å². The summed E-state index contributed by atoms with van der Waals surface area (Å²) in [6.07, 6.45) is 2.76. The van der Waals surface area contributed by atoms with Crippen LogP contribution in [-0.2, 0) is 10.3 Å². The molecule has 0 fully saturated rings. The molecule has 1 heterocycles. The third kappa shape index (κ3) is 6.42. The van der Waals surface area contributed by atoms with Gasteiger partial charge in [-0.3, -0.25) is 4.99 Å². The van der Waals surface area contributed by atoms with Crippen LogP contribution in [0.2, 0.25) is 0 Å². The molecule has 1 aromatic heterocycles. The number of benzene rings is 1. The van der Waals surface area contributed by atoms with Gasteiger partial charge >= 0.3 is 12.6 Å². The first-order chi connectivity index (χ1) is 13.7. The molecule has 0 saturated heterocycles. The van der Waals surface area contributed by atoms with Gasteiger partial charge in [-0.2, -0.15) is 18.9 Å². The lowest BCUT2D eigenvalue weighted by atomic mass is 10.1. The number of halogens is 3. The van der Waals surface area contributed by atoms with Gasteiger partial charge in [0.05, 0.1) is 17.6 Å². The number of hydrogen-bond donors (Lipinski definition) is 1. The van der Waals surface area contributed by atoms with Crippen LogP contribution in [0.15, 0.2) is 40.6 Å². The number of nitrogens with zero attached hydrogens (tertiary/aromatic N) is 4. The molecule has 0 saturated carbocycles. The maximum absolute atomic E-state index is 13.4. The first-order valence-corrected chi connectivity index (χ1v) is 8.32. The molecule has 0 bridgehead atoms. The predicted octanol–water partition coefficient (Wildman–Crippen LogP) is 3.19. The van der Waals surface area contributed by atoms with E-state index in [1.165, 1.54) is 18.5 Å². The molecule has 0 aliphatic heterocycles. The molecule has 2 aromatic rings. The molecule has 0 aliphatic rings. The summed E-state index contributed by atoms with van der Waals surface area (Å²) in [4.78, 5) is 12.3. The number of nitrogens with two attached hydrogens (primary N) is 1. The standard InChI is InChI=1S/C18H20F3N5O3/c1-18(2,27-3)15-6-7-23-17(25-15)28-10-12(26-22)9-24-11-4-5-13(19)14(8-11)29-16(20)21/h4-9,16H,10,22H2,1-3H3. The van der Waals surface area contributed by atoms with Crippen molar-refractivity contribution in [1.82, 2.24) is 9.97 Å². The molecular formula is C18H20F3N5O3. The van der Waals surface area contributed by atoms with Crippen molar-refractivity contribution in [3.8, 4) is 11.8 Å². The van der Waals surface area contributed by atoms with Gasteiger partial charge < -0.3 is 20.1 Å². The van der Waals surface area contributed by atoms with Gasteiger partial charge in [0, 0.05) is 19.4 Å². The molecular weight excluding hydrogens is 391 g/mol. The zero-order chi connectivity index (χ0) is 21.4. The normalized spacial score (nSPS) is 12.6. The average Bonchev–Trinajstić information content (AvgIpc) is 2.70. The van der Waals surface area contributed by atoms with Crippen LogP contribution in [0.1, 0.15) is 19.5 Å². The van der Waals surface area contributed by atoms with E-state index < -0.39 is 23.8 Å². The molecule has 11 heteroatoms. The first kappa shape index (κ1) is 22.1. The summed E-state index contributed by atoms with van der Waals surface area (Å²) in [6.45, 7) is 0.413. The Labute approximate surface area is 165 Å². The predicted molar refractivity (Wildman–Crippen MR) is 100 cm³/mol. The lowest BCUT2D eigenvalue weighted by Gasteiger charge is -2.22. The number of ether oxygens (including phenoxy) is 3. The third-order valence-corrected chi connectivity index (χ3v) is 3.77. The SMILES string of the molecule is COC(C)(C)c1ccnc(OCC(C=Nc2ccc(F)c(OC(F)F)c2)=NN)n1. The summed E-state index contributed by atoms with van der Waals surface area (Å²) < 4.78 is 52.9. The highest BCUT2D eigenvalue weighted by molar-refractivity contribution is 6.31. The fraction of sp³-hybridized carbons (Fsp3) is 0.333. The molecule has 0 radical (unpaired) electrons. The molecule has 1 aromatic carbocycles. The minimum absolute atomic E-state index is 0.0802. The van der Waals surface area contributed by atoms with Crippen LogP contribution in [0, 0.1) is 5.82 Å². The van der Waals surface area contributed by atoms with Crippen LogP contribution in [-0.4, -0.2) is 42.2 Å². The van der Waals surface area contributed by atoms with Crippen LogP contribution in [0.5, 0.6) is 11.8 Å². The summed E-state index contributed by atoms with van der Waals surface area (Å²) in [5.41, 5.74) is 0.338. The zero-order valence-electron chi connectivity index (χ0n) is 16.0. The molecule has 29 heavy (non-hydrogen) atoms. The summed E-state index contributed by atoms with van der Waals surface area (Å²) in [5.74, 6) is 3.76. The van der Waals surface area contributed by atoms with E-state index in [-0.39, 0.29) is 24.0 Å².